The van der Waals surface area contributed by atoms with Crippen molar-refractivity contribution in [1.29, 1.82) is 0 Å². The molecule has 0 aromatic rings. The van der Waals surface area contributed by atoms with E-state index >= 15 is 0 Å². The van der Waals surface area contributed by atoms with E-state index in [2.05, 4.69) is 11.9 Å². The molecule has 0 saturated carbocycles. The number of thioether (sulfide) groups is 1. The van der Waals surface area contributed by atoms with E-state index in [1.54, 1.807) is 29.8 Å². The Bertz CT molecular complexity index is 294. The highest BCUT2D eigenvalue weighted by molar-refractivity contribution is 8.00. The van der Waals surface area contributed by atoms with Gasteiger partial charge in [0.05, 0.1) is 11.7 Å². The Morgan fingerprint density at radius 2 is 2.35 bits per heavy atom. The first kappa shape index (κ1) is 14.1. The molecule has 0 bridgehead atoms. The van der Waals surface area contributed by atoms with Crippen LogP contribution in [0.3, 0.4) is 0 Å². The van der Waals surface area contributed by atoms with Crippen molar-refractivity contribution < 1.29 is 9.59 Å². The molecule has 4 nitrogen and oxygen atoms in total. The molecule has 1 fully saturated rings. The summed E-state index contributed by atoms with van der Waals surface area (Å²) >= 11 is 1.56. The van der Waals surface area contributed by atoms with Crippen LogP contribution in [0.5, 0.6) is 0 Å². The van der Waals surface area contributed by atoms with Crippen molar-refractivity contribution in [2.75, 3.05) is 31.6 Å². The van der Waals surface area contributed by atoms with Crippen LogP contribution in [0.15, 0.2) is 12.7 Å². The van der Waals surface area contributed by atoms with Gasteiger partial charge in [0.1, 0.15) is 0 Å². The highest BCUT2D eigenvalue weighted by Crippen LogP contribution is 2.17. The fraction of sp³-hybridized carbons (Fsp3) is 0.667. The van der Waals surface area contributed by atoms with Gasteiger partial charge >= 0.3 is 0 Å². The average Bonchev–Trinajstić information content (AvgIpc) is 2.38. The highest BCUT2D eigenvalue weighted by Gasteiger charge is 2.27. The number of carbonyl (C=O) groups excluding carboxylic acids is 2. The fourth-order valence-corrected chi connectivity index (χ4v) is 2.58. The summed E-state index contributed by atoms with van der Waals surface area (Å²) in [6.07, 6.45) is 3.58. The number of amides is 2. The van der Waals surface area contributed by atoms with Gasteiger partial charge in [0, 0.05) is 25.9 Å². The number of nitrogens with zero attached hydrogens (tertiary/aromatic N) is 1. The third-order valence-corrected chi connectivity index (χ3v) is 3.78. The molecule has 5 heteroatoms. The van der Waals surface area contributed by atoms with E-state index < -0.39 is 0 Å². The monoisotopic (exact) mass is 256 g/mol. The van der Waals surface area contributed by atoms with Crippen molar-refractivity contribution in [1.82, 2.24) is 10.2 Å². The summed E-state index contributed by atoms with van der Waals surface area (Å²) in [7, 11) is 1.64. The predicted octanol–water partition coefficient (Wildman–Crippen LogP) is 0.890. The molecule has 1 heterocycles. The molecule has 1 aliphatic rings. The largest absolute Gasteiger partial charge is 0.359 e. The number of likely N-dealkylation sites (tertiary alicyclic amines) is 1. The summed E-state index contributed by atoms with van der Waals surface area (Å²) in [6.45, 7) is 4.96. The van der Waals surface area contributed by atoms with E-state index in [4.69, 9.17) is 0 Å². The summed E-state index contributed by atoms with van der Waals surface area (Å²) in [5.74, 6) is 1.40. The van der Waals surface area contributed by atoms with E-state index in [0.29, 0.717) is 12.3 Å². The number of piperidine rings is 1. The Morgan fingerprint density at radius 1 is 1.59 bits per heavy atom. The third kappa shape index (κ3) is 4.42. The zero-order valence-corrected chi connectivity index (χ0v) is 11.1. The van der Waals surface area contributed by atoms with Gasteiger partial charge < -0.3 is 10.2 Å². The molecule has 0 aliphatic carbocycles. The smallest absolute Gasteiger partial charge is 0.232 e. The van der Waals surface area contributed by atoms with E-state index in [1.165, 1.54) is 0 Å². The van der Waals surface area contributed by atoms with Crippen LogP contribution in [0.25, 0.3) is 0 Å². The molecule has 1 rings (SSSR count). The second kappa shape index (κ2) is 7.37. The van der Waals surface area contributed by atoms with Crippen molar-refractivity contribution in [2.45, 2.75) is 12.8 Å². The van der Waals surface area contributed by atoms with Gasteiger partial charge in [-0.25, -0.2) is 0 Å². The van der Waals surface area contributed by atoms with Crippen LogP contribution in [-0.4, -0.2) is 48.4 Å². The molecule has 1 atom stereocenters. The molecule has 96 valence electrons. The summed E-state index contributed by atoms with van der Waals surface area (Å²) < 4.78 is 0. The number of carbonyl (C=O) groups is 2. The van der Waals surface area contributed by atoms with Crippen LogP contribution in [0, 0.1) is 5.92 Å². The van der Waals surface area contributed by atoms with E-state index in [1.807, 2.05) is 0 Å². The molecular formula is C12H20N2O2S. The summed E-state index contributed by atoms with van der Waals surface area (Å²) in [4.78, 5) is 25.2. The second-order valence-electron chi connectivity index (χ2n) is 4.10. The lowest BCUT2D eigenvalue weighted by Gasteiger charge is -2.31. The number of hydrogen-bond acceptors (Lipinski definition) is 3. The summed E-state index contributed by atoms with van der Waals surface area (Å²) in [5.41, 5.74) is 0. The van der Waals surface area contributed by atoms with Gasteiger partial charge in [0.2, 0.25) is 11.8 Å². The lowest BCUT2D eigenvalue weighted by atomic mass is 9.97. The predicted molar refractivity (Wildman–Crippen MR) is 70.9 cm³/mol. The molecule has 2 amide bonds. The van der Waals surface area contributed by atoms with Crippen LogP contribution < -0.4 is 5.32 Å². The summed E-state index contributed by atoms with van der Waals surface area (Å²) in [5, 5.41) is 2.65. The minimum atomic E-state index is -0.0397. The number of nitrogens with one attached hydrogen (secondary N) is 1. The van der Waals surface area contributed by atoms with Crippen molar-refractivity contribution in [2.24, 2.45) is 5.92 Å². The normalized spacial score (nSPS) is 19.8. The van der Waals surface area contributed by atoms with Crippen LogP contribution >= 0.6 is 11.8 Å². The average molecular weight is 256 g/mol. The van der Waals surface area contributed by atoms with Crippen molar-refractivity contribution in [3.8, 4) is 0 Å². The van der Waals surface area contributed by atoms with E-state index in [-0.39, 0.29) is 17.7 Å². The van der Waals surface area contributed by atoms with E-state index in [0.717, 1.165) is 25.1 Å². The SMILES string of the molecule is C=CCSCC(=O)N1CCCC(C(=O)NC)C1. The van der Waals surface area contributed by atoms with Gasteiger partial charge in [0.15, 0.2) is 0 Å². The summed E-state index contributed by atoms with van der Waals surface area (Å²) in [6, 6.07) is 0. The van der Waals surface area contributed by atoms with Crippen LogP contribution in [0.2, 0.25) is 0 Å². The zero-order chi connectivity index (χ0) is 12.7. The van der Waals surface area contributed by atoms with Crippen LogP contribution in [0.4, 0.5) is 0 Å². The molecule has 0 spiro atoms. The molecule has 1 saturated heterocycles. The first-order valence-corrected chi connectivity index (χ1v) is 7.02. The Kier molecular flexibility index (Phi) is 6.11. The maximum Gasteiger partial charge on any atom is 0.232 e. The molecular weight excluding hydrogens is 236 g/mol. The molecule has 1 N–H and O–H groups in total. The maximum absolute atomic E-state index is 11.9. The molecule has 0 aromatic heterocycles. The van der Waals surface area contributed by atoms with Gasteiger partial charge in [-0.1, -0.05) is 6.08 Å². The Labute approximate surface area is 107 Å². The quantitative estimate of drug-likeness (QED) is 0.587. The lowest BCUT2D eigenvalue weighted by Crippen LogP contribution is -2.45. The Morgan fingerprint density at radius 3 is 3.00 bits per heavy atom. The van der Waals surface area contributed by atoms with Gasteiger partial charge in [-0.2, -0.15) is 0 Å². The molecule has 0 radical (unpaired) electrons. The highest BCUT2D eigenvalue weighted by atomic mass is 32.2. The van der Waals surface area contributed by atoms with Crippen LogP contribution in [-0.2, 0) is 9.59 Å². The fourth-order valence-electron chi connectivity index (χ4n) is 1.94. The first-order valence-electron chi connectivity index (χ1n) is 5.87. The second-order valence-corrected chi connectivity index (χ2v) is 5.13. The van der Waals surface area contributed by atoms with Gasteiger partial charge in [-0.3, -0.25) is 9.59 Å². The number of hydrogen-bond donors (Lipinski definition) is 1. The van der Waals surface area contributed by atoms with Gasteiger partial charge in [0.25, 0.3) is 0 Å². The molecule has 1 aliphatic heterocycles. The van der Waals surface area contributed by atoms with Gasteiger partial charge in [-0.05, 0) is 12.8 Å². The van der Waals surface area contributed by atoms with E-state index in [9.17, 15) is 9.59 Å². The lowest BCUT2D eigenvalue weighted by molar-refractivity contribution is -0.133. The molecule has 0 aromatic carbocycles. The molecule has 1 unspecified atom stereocenters. The minimum absolute atomic E-state index is 0.0397. The van der Waals surface area contributed by atoms with Crippen molar-refractivity contribution in [3.63, 3.8) is 0 Å². The minimum Gasteiger partial charge on any atom is -0.359 e. The van der Waals surface area contributed by atoms with Gasteiger partial charge in [-0.15, -0.1) is 18.3 Å². The Balaban J connectivity index is 2.40. The topological polar surface area (TPSA) is 49.4 Å². The Hall–Kier alpha value is -0.970. The number of rotatable bonds is 5. The first-order chi connectivity index (χ1) is 8.19. The molecule has 17 heavy (non-hydrogen) atoms. The standard InChI is InChI=1S/C12H20N2O2S/c1-3-7-17-9-11(15)14-6-4-5-10(8-14)12(16)13-2/h3,10H,1,4-9H2,2H3,(H,13,16). The zero-order valence-electron chi connectivity index (χ0n) is 10.3. The van der Waals surface area contributed by atoms with Crippen molar-refractivity contribution in [3.05, 3.63) is 12.7 Å². The maximum atomic E-state index is 11.9. The van der Waals surface area contributed by atoms with Crippen molar-refractivity contribution >= 4 is 23.6 Å². The van der Waals surface area contributed by atoms with Crippen LogP contribution in [0.1, 0.15) is 12.8 Å². The third-order valence-electron chi connectivity index (χ3n) is 2.85.